The van der Waals surface area contributed by atoms with E-state index in [9.17, 15) is 14.4 Å². The molecule has 1 heterocycles. The second-order valence-electron chi connectivity index (χ2n) is 7.59. The minimum Gasteiger partial charge on any atom is -0.460 e. The zero-order chi connectivity index (χ0) is 19.3. The van der Waals surface area contributed by atoms with E-state index in [1.54, 1.807) is 53.7 Å². The zero-order valence-corrected chi connectivity index (χ0v) is 15.6. The van der Waals surface area contributed by atoms with Crippen LogP contribution in [0, 0.1) is 0 Å². The number of hydrogen-bond donors (Lipinski definition) is 1. The third-order valence-electron chi connectivity index (χ3n) is 2.71. The van der Waals surface area contributed by atoms with Gasteiger partial charge in [0.2, 0.25) is 0 Å². The fourth-order valence-electron chi connectivity index (χ4n) is 1.85. The fourth-order valence-corrected chi connectivity index (χ4v) is 1.85. The van der Waals surface area contributed by atoms with Gasteiger partial charge in [-0.15, -0.1) is 0 Å². The number of rotatable bonds is 5. The van der Waals surface area contributed by atoms with Gasteiger partial charge < -0.3 is 14.8 Å². The van der Waals surface area contributed by atoms with E-state index in [4.69, 9.17) is 9.47 Å². The molecule has 0 saturated carbocycles. The molecule has 25 heavy (non-hydrogen) atoms. The fraction of sp³-hybridized carbons (Fsp3) is 0.556. The highest BCUT2D eigenvalue weighted by atomic mass is 16.6. The number of carbonyl (C=O) groups is 3. The summed E-state index contributed by atoms with van der Waals surface area (Å²) < 4.78 is 10.5. The predicted octanol–water partition coefficient (Wildman–Crippen LogP) is 2.25. The molecule has 0 aliphatic rings. The Balaban J connectivity index is 2.89. The minimum absolute atomic E-state index is 0.278. The average molecular weight is 350 g/mol. The standard InChI is InChI=1S/C18H26N2O5/c1-17(2,3)24-14(21)10-13(16(23)25-18(4,5)6)20-15(22)12-8-7-9-19-11-12/h7-9,11,13H,10H2,1-6H3,(H,20,22)/t13-/m1/s1. The van der Waals surface area contributed by atoms with E-state index >= 15 is 0 Å². The van der Waals surface area contributed by atoms with E-state index in [-0.39, 0.29) is 12.0 Å². The van der Waals surface area contributed by atoms with Crippen LogP contribution in [0.15, 0.2) is 24.5 Å². The van der Waals surface area contributed by atoms with Gasteiger partial charge in [-0.3, -0.25) is 14.6 Å². The Bertz CT molecular complexity index is 615. The first-order valence-electron chi connectivity index (χ1n) is 8.03. The van der Waals surface area contributed by atoms with Gasteiger partial charge in [0.1, 0.15) is 17.2 Å². The molecule has 1 N–H and O–H groups in total. The number of nitrogens with zero attached hydrogens (tertiary/aromatic N) is 1. The van der Waals surface area contributed by atoms with E-state index in [0.717, 1.165) is 0 Å². The number of ether oxygens (including phenoxy) is 2. The summed E-state index contributed by atoms with van der Waals surface area (Å²) in [5.41, 5.74) is -1.16. The number of nitrogens with one attached hydrogen (secondary N) is 1. The van der Waals surface area contributed by atoms with Crippen molar-refractivity contribution in [3.63, 3.8) is 0 Å². The third kappa shape index (κ3) is 8.28. The number of aromatic nitrogens is 1. The van der Waals surface area contributed by atoms with Gasteiger partial charge in [-0.1, -0.05) is 0 Å². The molecule has 1 aromatic rings. The van der Waals surface area contributed by atoms with Crippen LogP contribution >= 0.6 is 0 Å². The molecule has 7 heteroatoms. The third-order valence-corrected chi connectivity index (χ3v) is 2.71. The van der Waals surface area contributed by atoms with E-state index in [1.807, 2.05) is 0 Å². The second-order valence-corrected chi connectivity index (χ2v) is 7.59. The van der Waals surface area contributed by atoms with E-state index in [2.05, 4.69) is 10.3 Å². The first kappa shape index (κ1) is 20.6. The molecule has 7 nitrogen and oxygen atoms in total. The van der Waals surface area contributed by atoms with Crippen molar-refractivity contribution < 1.29 is 23.9 Å². The predicted molar refractivity (Wildman–Crippen MR) is 91.8 cm³/mol. The lowest BCUT2D eigenvalue weighted by molar-refractivity contribution is -0.164. The molecule has 1 amide bonds. The lowest BCUT2D eigenvalue weighted by Crippen LogP contribution is -2.46. The SMILES string of the molecule is CC(C)(C)OC(=O)C[C@@H](NC(=O)c1cccnc1)C(=O)OC(C)(C)C. The largest absolute Gasteiger partial charge is 0.460 e. The Kier molecular flexibility index (Phi) is 6.67. The van der Waals surface area contributed by atoms with Crippen LogP contribution in [0.1, 0.15) is 58.3 Å². The summed E-state index contributed by atoms with van der Waals surface area (Å²) in [6.07, 6.45) is 2.58. The molecule has 0 aliphatic carbocycles. The second kappa shape index (κ2) is 8.09. The van der Waals surface area contributed by atoms with Crippen molar-refractivity contribution in [1.29, 1.82) is 0 Å². The Labute approximate surface area is 148 Å². The molecular formula is C18H26N2O5. The average Bonchev–Trinajstić information content (AvgIpc) is 2.43. The Morgan fingerprint density at radius 2 is 1.68 bits per heavy atom. The van der Waals surface area contributed by atoms with Gasteiger partial charge >= 0.3 is 11.9 Å². The molecule has 0 unspecified atom stereocenters. The van der Waals surface area contributed by atoms with E-state index in [1.165, 1.54) is 12.4 Å². The summed E-state index contributed by atoms with van der Waals surface area (Å²) in [7, 11) is 0. The molecule has 0 spiro atoms. The first-order chi connectivity index (χ1) is 11.4. The normalized spacial score (nSPS) is 12.9. The number of carbonyl (C=O) groups excluding carboxylic acids is 3. The molecule has 1 rings (SSSR count). The number of amides is 1. The Morgan fingerprint density at radius 3 is 2.16 bits per heavy atom. The Hall–Kier alpha value is -2.44. The van der Waals surface area contributed by atoms with Crippen LogP contribution in [0.2, 0.25) is 0 Å². The zero-order valence-electron chi connectivity index (χ0n) is 15.6. The minimum atomic E-state index is -1.15. The van der Waals surface area contributed by atoms with Crippen molar-refractivity contribution in [3.05, 3.63) is 30.1 Å². The smallest absolute Gasteiger partial charge is 0.329 e. The molecule has 0 aliphatic heterocycles. The van der Waals surface area contributed by atoms with E-state index < -0.39 is 35.1 Å². The van der Waals surface area contributed by atoms with Crippen LogP contribution in [0.3, 0.4) is 0 Å². The van der Waals surface area contributed by atoms with Crippen molar-refractivity contribution >= 4 is 17.8 Å². The quantitative estimate of drug-likeness (QED) is 0.819. The van der Waals surface area contributed by atoms with Gasteiger partial charge in [-0.2, -0.15) is 0 Å². The van der Waals surface area contributed by atoms with Crippen LogP contribution in [0.25, 0.3) is 0 Å². The lowest BCUT2D eigenvalue weighted by atomic mass is 10.1. The topological polar surface area (TPSA) is 94.6 Å². The molecular weight excluding hydrogens is 324 g/mol. The molecule has 1 atom stereocenters. The van der Waals surface area contributed by atoms with Crippen molar-refractivity contribution in [3.8, 4) is 0 Å². The van der Waals surface area contributed by atoms with Crippen LogP contribution in [-0.4, -0.2) is 40.1 Å². The van der Waals surface area contributed by atoms with E-state index in [0.29, 0.717) is 0 Å². The van der Waals surface area contributed by atoms with Crippen molar-refractivity contribution in [2.75, 3.05) is 0 Å². The maximum atomic E-state index is 12.4. The van der Waals surface area contributed by atoms with Crippen molar-refractivity contribution in [2.24, 2.45) is 0 Å². The molecule has 0 fully saturated rings. The highest BCUT2D eigenvalue weighted by Gasteiger charge is 2.31. The summed E-state index contributed by atoms with van der Waals surface area (Å²) in [4.78, 5) is 40.6. The maximum Gasteiger partial charge on any atom is 0.329 e. The highest BCUT2D eigenvalue weighted by Crippen LogP contribution is 2.13. The molecule has 0 radical (unpaired) electrons. The highest BCUT2D eigenvalue weighted by molar-refractivity contribution is 5.97. The molecule has 138 valence electrons. The summed E-state index contributed by atoms with van der Waals surface area (Å²) in [6.45, 7) is 10.3. The van der Waals surface area contributed by atoms with Crippen LogP contribution in [0.5, 0.6) is 0 Å². The monoisotopic (exact) mass is 350 g/mol. The summed E-state index contributed by atoms with van der Waals surface area (Å²) >= 11 is 0. The summed E-state index contributed by atoms with van der Waals surface area (Å²) in [5, 5.41) is 2.52. The lowest BCUT2D eigenvalue weighted by Gasteiger charge is -2.25. The molecule has 0 aromatic carbocycles. The van der Waals surface area contributed by atoms with Crippen molar-refractivity contribution in [1.82, 2.24) is 10.3 Å². The molecule has 1 aromatic heterocycles. The Morgan fingerprint density at radius 1 is 1.08 bits per heavy atom. The maximum absolute atomic E-state index is 12.4. The van der Waals surface area contributed by atoms with Gasteiger partial charge in [0.15, 0.2) is 0 Å². The number of hydrogen-bond acceptors (Lipinski definition) is 6. The number of pyridine rings is 1. The number of esters is 2. The van der Waals surface area contributed by atoms with Crippen LogP contribution in [0.4, 0.5) is 0 Å². The van der Waals surface area contributed by atoms with Gasteiger partial charge in [-0.25, -0.2) is 4.79 Å². The van der Waals surface area contributed by atoms with Gasteiger partial charge in [0.25, 0.3) is 5.91 Å². The first-order valence-corrected chi connectivity index (χ1v) is 8.03. The molecule has 0 bridgehead atoms. The van der Waals surface area contributed by atoms with Gasteiger partial charge in [0, 0.05) is 12.4 Å². The van der Waals surface area contributed by atoms with Crippen LogP contribution < -0.4 is 5.32 Å². The van der Waals surface area contributed by atoms with Gasteiger partial charge in [0.05, 0.1) is 12.0 Å². The van der Waals surface area contributed by atoms with Crippen molar-refractivity contribution in [2.45, 2.75) is 65.2 Å². The summed E-state index contributed by atoms with van der Waals surface area (Å²) in [6, 6.07) is 2.01. The molecule has 0 saturated heterocycles. The summed E-state index contributed by atoms with van der Waals surface area (Å²) in [5.74, 6) is -1.82. The van der Waals surface area contributed by atoms with Crippen LogP contribution in [-0.2, 0) is 19.1 Å². The van der Waals surface area contributed by atoms with Gasteiger partial charge in [-0.05, 0) is 53.7 Å².